The van der Waals surface area contributed by atoms with Crippen LogP contribution in [0.3, 0.4) is 0 Å². The molecular weight excluding hydrogens is 185 g/mol. The highest BCUT2D eigenvalue weighted by Crippen LogP contribution is 2.15. The van der Waals surface area contributed by atoms with Crippen LogP contribution < -0.4 is 0 Å². The highest BCUT2D eigenvalue weighted by atomic mass is 32.1. The highest BCUT2D eigenvalue weighted by molar-refractivity contribution is 7.80. The van der Waals surface area contributed by atoms with Crippen molar-refractivity contribution < 1.29 is 13.2 Å². The smallest absolute Gasteiger partial charge is 0.194 e. The molecule has 0 aliphatic heterocycles. The van der Waals surface area contributed by atoms with Gasteiger partial charge in [0.25, 0.3) is 0 Å². The van der Waals surface area contributed by atoms with Gasteiger partial charge in [0.05, 0.1) is 0 Å². The fourth-order valence-electron chi connectivity index (χ4n) is 0.879. The van der Waals surface area contributed by atoms with Gasteiger partial charge in [-0.3, -0.25) is 0 Å². The normalized spacial score (nSPS) is 10.3. The molecule has 1 rings (SSSR count). The molecule has 0 aliphatic rings. The van der Waals surface area contributed by atoms with Crippen molar-refractivity contribution in [1.82, 2.24) is 0 Å². The van der Waals surface area contributed by atoms with Gasteiger partial charge in [0.15, 0.2) is 17.5 Å². The molecule has 0 nitrogen and oxygen atoms in total. The Hall–Kier alpha value is -0.640. The van der Waals surface area contributed by atoms with Crippen LogP contribution in [0.4, 0.5) is 13.2 Å². The third-order valence-corrected chi connectivity index (χ3v) is 1.72. The van der Waals surface area contributed by atoms with E-state index in [9.17, 15) is 13.2 Å². The van der Waals surface area contributed by atoms with Gasteiger partial charge in [-0.25, -0.2) is 13.2 Å². The topological polar surface area (TPSA) is 0 Å². The fourth-order valence-corrected chi connectivity index (χ4v) is 1.12. The van der Waals surface area contributed by atoms with Gasteiger partial charge < -0.3 is 0 Å². The SMILES string of the molecule is Fc1ccc(CCS)c(F)c1F. The van der Waals surface area contributed by atoms with Crippen LogP contribution in [-0.4, -0.2) is 5.75 Å². The van der Waals surface area contributed by atoms with E-state index in [0.717, 1.165) is 6.07 Å². The first-order chi connectivity index (χ1) is 5.66. The molecule has 12 heavy (non-hydrogen) atoms. The largest absolute Gasteiger partial charge is 0.204 e. The van der Waals surface area contributed by atoms with E-state index in [2.05, 4.69) is 12.6 Å². The van der Waals surface area contributed by atoms with Crippen LogP contribution in [0.25, 0.3) is 0 Å². The summed E-state index contributed by atoms with van der Waals surface area (Å²) in [6.07, 6.45) is 0.298. The standard InChI is InChI=1S/C8H7F3S/c9-6-2-1-5(3-4-12)7(10)8(6)11/h1-2,12H,3-4H2. The van der Waals surface area contributed by atoms with Crippen molar-refractivity contribution in [3.63, 3.8) is 0 Å². The Bertz CT molecular complexity index is 286. The van der Waals surface area contributed by atoms with Crippen LogP contribution in [0.1, 0.15) is 5.56 Å². The third kappa shape index (κ3) is 1.75. The Balaban J connectivity index is 3.08. The van der Waals surface area contributed by atoms with Crippen molar-refractivity contribution in [1.29, 1.82) is 0 Å². The zero-order chi connectivity index (χ0) is 9.14. The molecule has 66 valence electrons. The maximum absolute atomic E-state index is 12.8. The molecule has 0 fully saturated rings. The molecule has 0 unspecified atom stereocenters. The first-order valence-electron chi connectivity index (χ1n) is 3.40. The van der Waals surface area contributed by atoms with E-state index in [-0.39, 0.29) is 5.56 Å². The van der Waals surface area contributed by atoms with Crippen LogP contribution in [0, 0.1) is 17.5 Å². The van der Waals surface area contributed by atoms with Crippen molar-refractivity contribution in [2.75, 3.05) is 5.75 Å². The Kier molecular flexibility index (Phi) is 3.03. The molecule has 0 bridgehead atoms. The third-order valence-electron chi connectivity index (χ3n) is 1.50. The van der Waals surface area contributed by atoms with Crippen LogP contribution in [-0.2, 0) is 6.42 Å². The Labute approximate surface area is 73.8 Å². The van der Waals surface area contributed by atoms with Crippen LogP contribution >= 0.6 is 12.6 Å². The molecule has 1 aromatic rings. The molecule has 0 amide bonds. The fraction of sp³-hybridized carbons (Fsp3) is 0.250. The molecule has 0 aromatic heterocycles. The Morgan fingerprint density at radius 2 is 1.75 bits per heavy atom. The zero-order valence-corrected chi connectivity index (χ0v) is 7.04. The summed E-state index contributed by atoms with van der Waals surface area (Å²) in [5.41, 5.74) is 0.156. The lowest BCUT2D eigenvalue weighted by atomic mass is 10.1. The van der Waals surface area contributed by atoms with E-state index in [1.54, 1.807) is 0 Å². The predicted octanol–water partition coefficient (Wildman–Crippen LogP) is 2.58. The number of thiol groups is 1. The van der Waals surface area contributed by atoms with Gasteiger partial charge in [-0.1, -0.05) is 6.07 Å². The Morgan fingerprint density at radius 1 is 1.08 bits per heavy atom. The molecule has 0 atom stereocenters. The van der Waals surface area contributed by atoms with Gasteiger partial charge in [-0.15, -0.1) is 0 Å². The van der Waals surface area contributed by atoms with E-state index in [0.29, 0.717) is 12.2 Å². The molecule has 0 saturated carbocycles. The van der Waals surface area contributed by atoms with E-state index in [1.807, 2.05) is 0 Å². The summed E-state index contributed by atoms with van der Waals surface area (Å²) in [7, 11) is 0. The molecule has 0 spiro atoms. The maximum Gasteiger partial charge on any atom is 0.194 e. The second kappa shape index (κ2) is 3.85. The number of aryl methyl sites for hydroxylation is 1. The lowest BCUT2D eigenvalue weighted by molar-refractivity contribution is 0.441. The summed E-state index contributed by atoms with van der Waals surface area (Å²) >= 11 is 3.86. The molecule has 0 aliphatic carbocycles. The van der Waals surface area contributed by atoms with Gasteiger partial charge in [-0.05, 0) is 23.8 Å². The number of benzene rings is 1. The van der Waals surface area contributed by atoms with Crippen molar-refractivity contribution in [2.24, 2.45) is 0 Å². The number of hydrogen-bond acceptors (Lipinski definition) is 1. The monoisotopic (exact) mass is 192 g/mol. The van der Waals surface area contributed by atoms with E-state index in [1.165, 1.54) is 6.07 Å². The summed E-state index contributed by atoms with van der Waals surface area (Å²) in [6.45, 7) is 0. The van der Waals surface area contributed by atoms with Crippen LogP contribution in [0.2, 0.25) is 0 Å². The summed E-state index contributed by atoms with van der Waals surface area (Å²) in [6, 6.07) is 2.14. The lowest BCUT2D eigenvalue weighted by Crippen LogP contribution is -1.98. The first-order valence-corrected chi connectivity index (χ1v) is 4.03. The minimum absolute atomic E-state index is 0.156. The average Bonchev–Trinajstić information content (AvgIpc) is 2.07. The second-order valence-electron chi connectivity index (χ2n) is 2.31. The molecule has 0 N–H and O–H groups in total. The summed E-state index contributed by atoms with van der Waals surface area (Å²) in [5, 5.41) is 0. The molecular formula is C8H7F3S. The lowest BCUT2D eigenvalue weighted by Gasteiger charge is -2.01. The van der Waals surface area contributed by atoms with E-state index < -0.39 is 17.5 Å². The quantitative estimate of drug-likeness (QED) is 0.540. The van der Waals surface area contributed by atoms with Crippen molar-refractivity contribution in [3.8, 4) is 0 Å². The van der Waals surface area contributed by atoms with Gasteiger partial charge in [0, 0.05) is 0 Å². The number of hydrogen-bond donors (Lipinski definition) is 1. The van der Waals surface area contributed by atoms with Gasteiger partial charge in [-0.2, -0.15) is 12.6 Å². The van der Waals surface area contributed by atoms with E-state index in [4.69, 9.17) is 0 Å². The van der Waals surface area contributed by atoms with Gasteiger partial charge >= 0.3 is 0 Å². The second-order valence-corrected chi connectivity index (χ2v) is 2.76. The first kappa shape index (κ1) is 9.45. The van der Waals surface area contributed by atoms with Crippen molar-refractivity contribution in [2.45, 2.75) is 6.42 Å². The van der Waals surface area contributed by atoms with Gasteiger partial charge in [0.1, 0.15) is 0 Å². The Morgan fingerprint density at radius 3 is 2.33 bits per heavy atom. The number of rotatable bonds is 2. The van der Waals surface area contributed by atoms with Crippen LogP contribution in [0.15, 0.2) is 12.1 Å². The molecule has 4 heteroatoms. The zero-order valence-electron chi connectivity index (χ0n) is 6.15. The minimum atomic E-state index is -1.41. The summed E-state index contributed by atoms with van der Waals surface area (Å²) in [4.78, 5) is 0. The molecule has 0 saturated heterocycles. The summed E-state index contributed by atoms with van der Waals surface area (Å²) < 4.78 is 37.7. The van der Waals surface area contributed by atoms with Gasteiger partial charge in [0.2, 0.25) is 0 Å². The van der Waals surface area contributed by atoms with E-state index >= 15 is 0 Å². The van der Waals surface area contributed by atoms with Crippen molar-refractivity contribution in [3.05, 3.63) is 35.1 Å². The minimum Gasteiger partial charge on any atom is -0.204 e. The van der Waals surface area contributed by atoms with Crippen molar-refractivity contribution >= 4 is 12.6 Å². The molecule has 0 radical (unpaired) electrons. The van der Waals surface area contributed by atoms with Crippen LogP contribution in [0.5, 0.6) is 0 Å². The predicted molar refractivity (Wildman–Crippen MR) is 43.9 cm³/mol. The summed E-state index contributed by atoms with van der Waals surface area (Å²) in [5.74, 6) is -3.27. The number of halogens is 3. The molecule has 1 aromatic carbocycles. The average molecular weight is 192 g/mol. The molecule has 0 heterocycles. The highest BCUT2D eigenvalue weighted by Gasteiger charge is 2.11. The maximum atomic E-state index is 12.8.